The first-order chi connectivity index (χ1) is 14.2. The molecular weight excluding hydrogens is 384 g/mol. The Kier molecular flexibility index (Phi) is 5.98. The third-order valence-corrected chi connectivity index (χ3v) is 5.51. The average molecular weight is 412 g/mol. The van der Waals surface area contributed by atoms with Gasteiger partial charge in [-0.1, -0.05) is 18.2 Å². The van der Waals surface area contributed by atoms with Crippen molar-refractivity contribution in [3.05, 3.63) is 52.4 Å². The topological polar surface area (TPSA) is 87.9 Å². The number of carbonyl (C=O) groups excluding carboxylic acids is 2. The molecule has 2 heterocycles. The van der Waals surface area contributed by atoms with E-state index in [2.05, 4.69) is 5.10 Å². The molecule has 2 aromatic rings. The van der Waals surface area contributed by atoms with E-state index in [0.717, 1.165) is 0 Å². The zero-order valence-electron chi connectivity index (χ0n) is 18.3. The number of likely N-dealkylation sites (N-methyl/N-ethyl adjacent to an activating group) is 1. The van der Waals surface area contributed by atoms with Crippen molar-refractivity contribution in [3.63, 3.8) is 0 Å². The number of benzene rings is 1. The number of ketones is 1. The van der Waals surface area contributed by atoms with Gasteiger partial charge in [-0.3, -0.25) is 14.3 Å². The van der Waals surface area contributed by atoms with Crippen LogP contribution in [0.15, 0.2) is 29.8 Å². The van der Waals surface area contributed by atoms with Gasteiger partial charge in [0.1, 0.15) is 11.5 Å². The van der Waals surface area contributed by atoms with E-state index in [1.165, 1.54) is 4.90 Å². The zero-order chi connectivity index (χ0) is 22.2. The molecule has 1 atom stereocenters. The molecule has 0 radical (unpaired) electrons. The predicted octanol–water partition coefficient (Wildman–Crippen LogP) is 2.03. The standard InChI is InChI=1S/C22H28N4O4/c1-13-17(14(2)25(5)23-13)20(27)18-19(15-9-7-8-10-16(15)30-6)26(12-11-24(3)4)22(29)21(18)28/h7-10,19,27H,11-12H2,1-6H3/b20-18+/t19-/m0/s1. The van der Waals surface area contributed by atoms with Crippen LogP contribution in [0.25, 0.3) is 5.76 Å². The molecule has 160 valence electrons. The molecule has 1 aliphatic heterocycles. The maximum Gasteiger partial charge on any atom is 0.295 e. The number of aliphatic hydroxyl groups is 1. The second-order valence-corrected chi connectivity index (χ2v) is 7.71. The molecule has 0 unspecified atom stereocenters. The molecular formula is C22H28N4O4. The molecule has 0 saturated carbocycles. The summed E-state index contributed by atoms with van der Waals surface area (Å²) in [6.45, 7) is 4.49. The Labute approximate surface area is 176 Å². The molecule has 3 rings (SSSR count). The summed E-state index contributed by atoms with van der Waals surface area (Å²) in [6.07, 6.45) is 0. The van der Waals surface area contributed by atoms with E-state index in [-0.39, 0.29) is 11.3 Å². The number of hydrogen-bond donors (Lipinski definition) is 1. The summed E-state index contributed by atoms with van der Waals surface area (Å²) in [5.74, 6) is -0.997. The second kappa shape index (κ2) is 8.31. The summed E-state index contributed by atoms with van der Waals surface area (Å²) in [5.41, 5.74) is 2.48. The van der Waals surface area contributed by atoms with Crippen LogP contribution in [-0.2, 0) is 16.6 Å². The Balaban J connectivity index is 2.25. The maximum absolute atomic E-state index is 13.1. The molecule has 0 aliphatic carbocycles. The third kappa shape index (κ3) is 3.59. The zero-order valence-corrected chi connectivity index (χ0v) is 18.3. The van der Waals surface area contributed by atoms with Gasteiger partial charge in [-0.15, -0.1) is 0 Å². The molecule has 1 aromatic heterocycles. The number of para-hydroxylation sites is 1. The highest BCUT2D eigenvalue weighted by Gasteiger charge is 2.47. The summed E-state index contributed by atoms with van der Waals surface area (Å²) in [4.78, 5) is 29.5. The fraction of sp³-hybridized carbons (Fsp3) is 0.409. The Morgan fingerprint density at radius 2 is 1.90 bits per heavy atom. The number of amides is 1. The van der Waals surface area contributed by atoms with Gasteiger partial charge in [0.25, 0.3) is 11.7 Å². The number of Topliss-reactive ketones (excluding diaryl/α,β-unsaturated/α-hetero) is 1. The largest absolute Gasteiger partial charge is 0.507 e. The van der Waals surface area contributed by atoms with E-state index >= 15 is 0 Å². The van der Waals surface area contributed by atoms with Crippen LogP contribution in [0, 0.1) is 13.8 Å². The van der Waals surface area contributed by atoms with Crippen LogP contribution in [0.5, 0.6) is 5.75 Å². The van der Waals surface area contributed by atoms with Crippen molar-refractivity contribution in [1.82, 2.24) is 19.6 Å². The van der Waals surface area contributed by atoms with Crippen molar-refractivity contribution in [3.8, 4) is 5.75 Å². The molecule has 30 heavy (non-hydrogen) atoms. The lowest BCUT2D eigenvalue weighted by Crippen LogP contribution is -2.35. The Morgan fingerprint density at radius 3 is 2.47 bits per heavy atom. The van der Waals surface area contributed by atoms with Gasteiger partial charge in [0.05, 0.1) is 30.0 Å². The summed E-state index contributed by atoms with van der Waals surface area (Å²) >= 11 is 0. The van der Waals surface area contributed by atoms with Crippen LogP contribution in [0.1, 0.15) is 28.6 Å². The van der Waals surface area contributed by atoms with Gasteiger partial charge >= 0.3 is 0 Å². The summed E-state index contributed by atoms with van der Waals surface area (Å²) in [7, 11) is 7.11. The summed E-state index contributed by atoms with van der Waals surface area (Å²) in [5, 5.41) is 15.6. The van der Waals surface area contributed by atoms with Gasteiger partial charge in [-0.2, -0.15) is 5.10 Å². The number of ether oxygens (including phenoxy) is 1. The van der Waals surface area contributed by atoms with Gasteiger partial charge in [-0.25, -0.2) is 0 Å². The molecule has 1 aromatic carbocycles. The van der Waals surface area contributed by atoms with Crippen LogP contribution >= 0.6 is 0 Å². The van der Waals surface area contributed by atoms with Crippen LogP contribution in [0.2, 0.25) is 0 Å². The Bertz CT molecular complexity index is 1020. The van der Waals surface area contributed by atoms with Crippen molar-refractivity contribution in [2.75, 3.05) is 34.3 Å². The fourth-order valence-electron chi connectivity index (χ4n) is 3.89. The number of likely N-dealkylation sites (tertiary alicyclic amines) is 1. The minimum atomic E-state index is -0.750. The lowest BCUT2D eigenvalue weighted by atomic mass is 9.94. The summed E-state index contributed by atoms with van der Waals surface area (Å²) in [6, 6.07) is 6.49. The van der Waals surface area contributed by atoms with Gasteiger partial charge < -0.3 is 19.6 Å². The number of rotatable bonds is 6. The van der Waals surface area contributed by atoms with Crippen LogP contribution in [0.4, 0.5) is 0 Å². The van der Waals surface area contributed by atoms with Crippen molar-refractivity contribution < 1.29 is 19.4 Å². The number of carbonyl (C=O) groups is 2. The van der Waals surface area contributed by atoms with Crippen molar-refractivity contribution in [2.24, 2.45) is 7.05 Å². The van der Waals surface area contributed by atoms with E-state index in [0.29, 0.717) is 41.4 Å². The lowest BCUT2D eigenvalue weighted by Gasteiger charge is -2.27. The third-order valence-electron chi connectivity index (χ3n) is 5.51. The van der Waals surface area contributed by atoms with Crippen molar-refractivity contribution in [2.45, 2.75) is 19.9 Å². The van der Waals surface area contributed by atoms with Gasteiger partial charge in [0.15, 0.2) is 0 Å². The van der Waals surface area contributed by atoms with E-state index in [1.54, 1.807) is 31.8 Å². The van der Waals surface area contributed by atoms with E-state index < -0.39 is 17.7 Å². The highest BCUT2D eigenvalue weighted by molar-refractivity contribution is 6.46. The summed E-state index contributed by atoms with van der Waals surface area (Å²) < 4.78 is 7.15. The molecule has 1 amide bonds. The Hall–Kier alpha value is -3.13. The first-order valence-electron chi connectivity index (χ1n) is 9.75. The average Bonchev–Trinajstić information content (AvgIpc) is 3.11. The molecule has 0 bridgehead atoms. The minimum absolute atomic E-state index is 0.0578. The molecule has 0 spiro atoms. The number of hydrogen-bond acceptors (Lipinski definition) is 6. The number of methoxy groups -OCH3 is 1. The SMILES string of the molecule is COc1ccccc1[C@H]1/C(=C(\O)c2c(C)nn(C)c2C)C(=O)C(=O)N1CCN(C)C. The molecule has 8 nitrogen and oxygen atoms in total. The smallest absolute Gasteiger partial charge is 0.295 e. The van der Waals surface area contributed by atoms with Gasteiger partial charge in [0, 0.05) is 31.4 Å². The first-order valence-corrected chi connectivity index (χ1v) is 9.75. The fourth-order valence-corrected chi connectivity index (χ4v) is 3.89. The molecule has 1 fully saturated rings. The van der Waals surface area contributed by atoms with Crippen molar-refractivity contribution >= 4 is 17.4 Å². The number of aromatic nitrogens is 2. The van der Waals surface area contributed by atoms with Gasteiger partial charge in [0.2, 0.25) is 0 Å². The Morgan fingerprint density at radius 1 is 1.23 bits per heavy atom. The van der Waals surface area contributed by atoms with Gasteiger partial charge in [-0.05, 0) is 34.0 Å². The van der Waals surface area contributed by atoms with E-state index in [4.69, 9.17) is 4.74 Å². The minimum Gasteiger partial charge on any atom is -0.507 e. The highest BCUT2D eigenvalue weighted by atomic mass is 16.5. The van der Waals surface area contributed by atoms with Crippen molar-refractivity contribution in [1.29, 1.82) is 0 Å². The van der Waals surface area contributed by atoms with Crippen LogP contribution in [-0.4, -0.2) is 70.7 Å². The second-order valence-electron chi connectivity index (χ2n) is 7.71. The first kappa shape index (κ1) is 21.6. The maximum atomic E-state index is 13.1. The van der Waals surface area contributed by atoms with E-state index in [9.17, 15) is 14.7 Å². The number of nitrogens with zero attached hydrogens (tertiary/aromatic N) is 4. The number of aryl methyl sites for hydroxylation is 2. The van der Waals surface area contributed by atoms with E-state index in [1.807, 2.05) is 44.1 Å². The van der Waals surface area contributed by atoms with Crippen LogP contribution < -0.4 is 4.74 Å². The molecule has 1 saturated heterocycles. The quantitative estimate of drug-likeness (QED) is 0.444. The number of aliphatic hydroxyl groups excluding tert-OH is 1. The normalized spacial score (nSPS) is 18.5. The lowest BCUT2D eigenvalue weighted by molar-refractivity contribution is -0.140. The monoisotopic (exact) mass is 412 g/mol. The molecule has 1 aliphatic rings. The molecule has 1 N–H and O–H groups in total. The highest BCUT2D eigenvalue weighted by Crippen LogP contribution is 2.43. The molecule has 8 heteroatoms. The van der Waals surface area contributed by atoms with Crippen LogP contribution in [0.3, 0.4) is 0 Å². The predicted molar refractivity (Wildman–Crippen MR) is 113 cm³/mol.